The van der Waals surface area contributed by atoms with E-state index in [1.807, 2.05) is 25.1 Å². The summed E-state index contributed by atoms with van der Waals surface area (Å²) in [5.41, 5.74) is 0.619. The molecule has 0 aliphatic carbocycles. The van der Waals surface area contributed by atoms with Gasteiger partial charge in [-0.2, -0.15) is 5.10 Å². The Labute approximate surface area is 109 Å². The molecule has 0 radical (unpaired) electrons. The van der Waals surface area contributed by atoms with Crippen LogP contribution in [0.25, 0.3) is 5.69 Å². The van der Waals surface area contributed by atoms with Crippen molar-refractivity contribution in [2.24, 2.45) is 0 Å². The van der Waals surface area contributed by atoms with Gasteiger partial charge in [0.1, 0.15) is 0 Å². The van der Waals surface area contributed by atoms with E-state index >= 15 is 0 Å². The molecule has 6 heteroatoms. The van der Waals surface area contributed by atoms with E-state index < -0.39 is 17.1 Å². The van der Waals surface area contributed by atoms with Crippen molar-refractivity contribution >= 4 is 18.4 Å². The third kappa shape index (κ3) is 2.57. The minimum atomic E-state index is -1.32. The van der Waals surface area contributed by atoms with Gasteiger partial charge in [-0.3, -0.25) is 4.79 Å². The largest absolute Gasteiger partial charge is 0.476 e. The molecule has 0 aliphatic heterocycles. The van der Waals surface area contributed by atoms with Crippen LogP contribution in [-0.4, -0.2) is 20.9 Å². The van der Waals surface area contributed by atoms with Gasteiger partial charge in [-0.05, 0) is 18.6 Å². The number of carboxylic acid groups (broad SMARTS) is 1. The number of benzene rings is 1. The van der Waals surface area contributed by atoms with E-state index in [0.29, 0.717) is 0 Å². The number of rotatable bonds is 2. The summed E-state index contributed by atoms with van der Waals surface area (Å²) in [6, 6.07) is 8.58. The van der Waals surface area contributed by atoms with Gasteiger partial charge in [-0.25, -0.2) is 9.48 Å². The molecule has 0 atom stereocenters. The SMILES string of the molecule is Cc1ccccc1-n1ccc(=O)c(C(=O)O)n1.Cl. The van der Waals surface area contributed by atoms with Crippen LogP contribution in [0, 0.1) is 6.92 Å². The highest BCUT2D eigenvalue weighted by Crippen LogP contribution is 2.10. The van der Waals surface area contributed by atoms with Crippen LogP contribution in [0.1, 0.15) is 16.1 Å². The number of halogens is 1. The van der Waals surface area contributed by atoms with Gasteiger partial charge >= 0.3 is 5.97 Å². The number of aromatic nitrogens is 2. The number of carbonyl (C=O) groups is 1. The molecule has 5 nitrogen and oxygen atoms in total. The number of hydrogen-bond acceptors (Lipinski definition) is 3. The van der Waals surface area contributed by atoms with E-state index in [-0.39, 0.29) is 12.4 Å². The Kier molecular flexibility index (Phi) is 4.23. The lowest BCUT2D eigenvalue weighted by atomic mass is 10.2. The van der Waals surface area contributed by atoms with Crippen molar-refractivity contribution in [2.45, 2.75) is 6.92 Å². The minimum Gasteiger partial charge on any atom is -0.476 e. The zero-order valence-electron chi connectivity index (χ0n) is 9.53. The number of aromatic carboxylic acids is 1. The van der Waals surface area contributed by atoms with Gasteiger partial charge in [0.2, 0.25) is 11.1 Å². The maximum absolute atomic E-state index is 11.3. The fraction of sp³-hybridized carbons (Fsp3) is 0.0833. The fourth-order valence-corrected chi connectivity index (χ4v) is 1.51. The van der Waals surface area contributed by atoms with Crippen LogP contribution in [0.4, 0.5) is 0 Å². The number of nitrogens with zero attached hydrogens (tertiary/aromatic N) is 2. The lowest BCUT2D eigenvalue weighted by Crippen LogP contribution is -2.20. The summed E-state index contributed by atoms with van der Waals surface area (Å²) < 4.78 is 1.39. The molecule has 0 saturated carbocycles. The highest BCUT2D eigenvalue weighted by molar-refractivity contribution is 5.85. The van der Waals surface area contributed by atoms with E-state index in [1.165, 1.54) is 16.9 Å². The van der Waals surface area contributed by atoms with Crippen LogP contribution >= 0.6 is 12.4 Å². The summed E-state index contributed by atoms with van der Waals surface area (Å²) >= 11 is 0. The first-order chi connectivity index (χ1) is 8.09. The molecule has 0 saturated heterocycles. The van der Waals surface area contributed by atoms with Crippen LogP contribution < -0.4 is 5.43 Å². The smallest absolute Gasteiger partial charge is 0.360 e. The van der Waals surface area contributed by atoms with Crippen molar-refractivity contribution in [2.75, 3.05) is 0 Å². The maximum Gasteiger partial charge on any atom is 0.360 e. The summed E-state index contributed by atoms with van der Waals surface area (Å²) in [6.45, 7) is 1.88. The minimum absolute atomic E-state index is 0. The van der Waals surface area contributed by atoms with Crippen LogP contribution in [0.2, 0.25) is 0 Å². The predicted octanol–water partition coefficient (Wildman–Crippen LogP) is 1.66. The van der Waals surface area contributed by atoms with Crippen LogP contribution in [0.5, 0.6) is 0 Å². The van der Waals surface area contributed by atoms with Crippen molar-refractivity contribution in [3.05, 3.63) is 58.0 Å². The molecule has 94 valence electrons. The summed E-state index contributed by atoms with van der Waals surface area (Å²) in [7, 11) is 0. The molecule has 1 aromatic heterocycles. The van der Waals surface area contributed by atoms with Crippen molar-refractivity contribution in [1.29, 1.82) is 0 Å². The average molecular weight is 267 g/mol. The normalized spacial score (nSPS) is 9.61. The fourth-order valence-electron chi connectivity index (χ4n) is 1.51. The van der Waals surface area contributed by atoms with E-state index in [0.717, 1.165) is 11.3 Å². The lowest BCUT2D eigenvalue weighted by molar-refractivity contribution is 0.0687. The molecular weight excluding hydrogens is 256 g/mol. The van der Waals surface area contributed by atoms with Gasteiger partial charge in [0.15, 0.2) is 0 Å². The molecule has 0 bridgehead atoms. The molecule has 1 aromatic carbocycles. The Hall–Kier alpha value is -2.14. The second kappa shape index (κ2) is 5.46. The van der Waals surface area contributed by atoms with E-state index in [2.05, 4.69) is 5.10 Å². The van der Waals surface area contributed by atoms with E-state index in [9.17, 15) is 9.59 Å². The van der Waals surface area contributed by atoms with Crippen molar-refractivity contribution in [3.8, 4) is 5.69 Å². The van der Waals surface area contributed by atoms with E-state index in [4.69, 9.17) is 5.11 Å². The molecule has 1 heterocycles. The Balaban J connectivity index is 0.00000162. The summed E-state index contributed by atoms with van der Waals surface area (Å²) in [4.78, 5) is 22.1. The highest BCUT2D eigenvalue weighted by atomic mass is 35.5. The Morgan fingerprint density at radius 1 is 1.28 bits per heavy atom. The molecule has 0 aliphatic rings. The molecule has 0 amide bonds. The standard InChI is InChI=1S/C12H10N2O3.ClH/c1-8-4-2-3-5-9(8)14-7-6-10(15)11(13-14)12(16)17;/h2-7H,1H3,(H,16,17);1H. The Bertz CT molecular complexity index is 637. The number of carboxylic acids is 1. The molecule has 0 unspecified atom stereocenters. The summed E-state index contributed by atoms with van der Waals surface area (Å²) in [5, 5.41) is 12.6. The zero-order valence-corrected chi connectivity index (χ0v) is 10.3. The Morgan fingerprint density at radius 2 is 1.94 bits per heavy atom. The van der Waals surface area contributed by atoms with Gasteiger partial charge in [0.05, 0.1) is 5.69 Å². The van der Waals surface area contributed by atoms with Gasteiger partial charge in [-0.15, -0.1) is 12.4 Å². The van der Waals surface area contributed by atoms with Crippen molar-refractivity contribution < 1.29 is 9.90 Å². The van der Waals surface area contributed by atoms with E-state index in [1.54, 1.807) is 6.07 Å². The molecule has 2 aromatic rings. The van der Waals surface area contributed by atoms with Crippen LogP contribution in [0.3, 0.4) is 0 Å². The predicted molar refractivity (Wildman–Crippen MR) is 68.8 cm³/mol. The second-order valence-corrected chi connectivity index (χ2v) is 3.56. The zero-order chi connectivity index (χ0) is 12.4. The molecular formula is C12H11ClN2O3. The number of para-hydroxylation sites is 1. The summed E-state index contributed by atoms with van der Waals surface area (Å²) in [5.74, 6) is -1.32. The number of aryl methyl sites for hydroxylation is 1. The lowest BCUT2D eigenvalue weighted by Gasteiger charge is -2.08. The molecule has 0 spiro atoms. The molecule has 1 N–H and O–H groups in total. The first kappa shape index (κ1) is 13.9. The average Bonchev–Trinajstić information content (AvgIpc) is 2.30. The van der Waals surface area contributed by atoms with Crippen LogP contribution in [0.15, 0.2) is 41.3 Å². The molecule has 0 fully saturated rings. The quantitative estimate of drug-likeness (QED) is 0.897. The Morgan fingerprint density at radius 3 is 2.56 bits per heavy atom. The third-order valence-corrected chi connectivity index (χ3v) is 2.37. The van der Waals surface area contributed by atoms with Crippen molar-refractivity contribution in [3.63, 3.8) is 0 Å². The molecule has 2 rings (SSSR count). The van der Waals surface area contributed by atoms with Gasteiger partial charge in [0, 0.05) is 12.3 Å². The first-order valence-electron chi connectivity index (χ1n) is 4.99. The second-order valence-electron chi connectivity index (χ2n) is 3.56. The van der Waals surface area contributed by atoms with Gasteiger partial charge in [-0.1, -0.05) is 18.2 Å². The number of hydrogen-bond donors (Lipinski definition) is 1. The summed E-state index contributed by atoms with van der Waals surface area (Å²) in [6.07, 6.45) is 1.46. The topological polar surface area (TPSA) is 72.2 Å². The van der Waals surface area contributed by atoms with Crippen molar-refractivity contribution in [1.82, 2.24) is 9.78 Å². The monoisotopic (exact) mass is 266 g/mol. The maximum atomic E-state index is 11.3. The van der Waals surface area contributed by atoms with Gasteiger partial charge in [0.25, 0.3) is 0 Å². The van der Waals surface area contributed by atoms with Gasteiger partial charge < -0.3 is 5.11 Å². The third-order valence-electron chi connectivity index (χ3n) is 2.37. The molecule has 18 heavy (non-hydrogen) atoms. The highest BCUT2D eigenvalue weighted by Gasteiger charge is 2.11. The van der Waals surface area contributed by atoms with Crippen LogP contribution in [-0.2, 0) is 0 Å². The first-order valence-corrected chi connectivity index (χ1v) is 4.99.